The van der Waals surface area contributed by atoms with Crippen LogP contribution in [0, 0.1) is 5.41 Å². The van der Waals surface area contributed by atoms with E-state index in [1.807, 2.05) is 0 Å². The summed E-state index contributed by atoms with van der Waals surface area (Å²) in [5, 5.41) is 18.6. The van der Waals surface area contributed by atoms with E-state index in [1.54, 1.807) is 20.8 Å². The lowest BCUT2D eigenvalue weighted by molar-refractivity contribution is -0.149. The molecule has 0 bridgehead atoms. The topological polar surface area (TPSA) is 104 Å². The molecule has 7 nitrogen and oxygen atoms in total. The van der Waals surface area contributed by atoms with E-state index in [-0.39, 0.29) is 13.0 Å². The van der Waals surface area contributed by atoms with Gasteiger partial charge in [-0.3, -0.25) is 9.69 Å². The molecule has 1 aliphatic rings. The molecule has 1 fully saturated rings. The first-order valence-electron chi connectivity index (χ1n) is 6.29. The summed E-state index contributed by atoms with van der Waals surface area (Å²) in [5.74, 6) is -2.37. The molecule has 0 aromatic carbocycles. The van der Waals surface area contributed by atoms with E-state index in [4.69, 9.17) is 4.74 Å². The number of ether oxygens (including phenoxy) is 1. The molecule has 1 heterocycles. The number of carboxylic acids is 2. The van der Waals surface area contributed by atoms with E-state index < -0.39 is 34.6 Å². The Balaban J connectivity index is 3.12. The van der Waals surface area contributed by atoms with Crippen LogP contribution in [-0.2, 0) is 14.3 Å². The van der Waals surface area contributed by atoms with Crippen molar-refractivity contribution in [3.63, 3.8) is 0 Å². The molecule has 20 heavy (non-hydrogen) atoms. The van der Waals surface area contributed by atoms with Crippen molar-refractivity contribution >= 4 is 18.0 Å². The van der Waals surface area contributed by atoms with Gasteiger partial charge in [0.05, 0.1) is 5.41 Å². The van der Waals surface area contributed by atoms with Crippen LogP contribution in [0.3, 0.4) is 0 Å². The summed E-state index contributed by atoms with van der Waals surface area (Å²) in [6, 6.07) is 0. The first kappa shape index (κ1) is 16.3. The first-order chi connectivity index (χ1) is 8.82. The summed E-state index contributed by atoms with van der Waals surface area (Å²) in [4.78, 5) is 35.9. The zero-order valence-corrected chi connectivity index (χ0v) is 12.4. The summed E-state index contributed by atoms with van der Waals surface area (Å²) in [6.45, 7) is 7.56. The van der Waals surface area contributed by atoms with Crippen LogP contribution in [0.2, 0.25) is 0 Å². The van der Waals surface area contributed by atoms with Gasteiger partial charge in [0.25, 0.3) is 0 Å². The van der Waals surface area contributed by atoms with Crippen LogP contribution in [0.25, 0.3) is 0 Å². The van der Waals surface area contributed by atoms with Crippen molar-refractivity contribution in [2.24, 2.45) is 5.41 Å². The predicted octanol–water partition coefficient (Wildman–Crippen LogP) is 1.56. The van der Waals surface area contributed by atoms with Crippen LogP contribution >= 0.6 is 0 Å². The fourth-order valence-corrected chi connectivity index (χ4v) is 2.35. The van der Waals surface area contributed by atoms with Gasteiger partial charge >= 0.3 is 18.0 Å². The maximum atomic E-state index is 12.1. The second-order valence-corrected chi connectivity index (χ2v) is 6.69. The van der Waals surface area contributed by atoms with E-state index in [9.17, 15) is 24.6 Å². The fraction of sp³-hybridized carbons (Fsp3) is 0.769. The SMILES string of the molecule is CC(C)(C)OC(=O)N1CC(C)(C(=O)O)CC1(C)C(=O)O. The van der Waals surface area contributed by atoms with E-state index in [0.717, 1.165) is 4.90 Å². The Morgan fingerprint density at radius 1 is 1.10 bits per heavy atom. The number of amides is 1. The minimum atomic E-state index is -1.59. The highest BCUT2D eigenvalue weighted by Gasteiger charge is 2.59. The van der Waals surface area contributed by atoms with E-state index >= 15 is 0 Å². The van der Waals surface area contributed by atoms with Crippen LogP contribution in [0.1, 0.15) is 41.0 Å². The maximum Gasteiger partial charge on any atom is 0.411 e. The number of carbonyl (C=O) groups is 3. The molecule has 0 aromatic rings. The summed E-state index contributed by atoms with van der Waals surface area (Å²) in [5.41, 5.74) is -3.67. The van der Waals surface area contributed by atoms with Crippen molar-refractivity contribution in [3.05, 3.63) is 0 Å². The number of nitrogens with zero attached hydrogens (tertiary/aromatic N) is 1. The van der Waals surface area contributed by atoms with Crippen molar-refractivity contribution in [1.82, 2.24) is 4.90 Å². The highest BCUT2D eigenvalue weighted by Crippen LogP contribution is 2.42. The van der Waals surface area contributed by atoms with Crippen molar-refractivity contribution in [2.75, 3.05) is 6.54 Å². The molecule has 0 aliphatic carbocycles. The van der Waals surface area contributed by atoms with E-state index in [0.29, 0.717) is 0 Å². The van der Waals surface area contributed by atoms with Gasteiger partial charge in [-0.1, -0.05) is 0 Å². The Bertz CT molecular complexity index is 454. The number of carboxylic acid groups (broad SMARTS) is 2. The molecule has 7 heteroatoms. The van der Waals surface area contributed by atoms with Gasteiger partial charge in [-0.2, -0.15) is 0 Å². The number of rotatable bonds is 2. The van der Waals surface area contributed by atoms with Crippen LogP contribution in [0.4, 0.5) is 4.79 Å². The Kier molecular flexibility index (Phi) is 3.78. The molecule has 2 N–H and O–H groups in total. The molecular weight excluding hydrogens is 266 g/mol. The summed E-state index contributed by atoms with van der Waals surface area (Å²) < 4.78 is 5.17. The number of hydrogen-bond donors (Lipinski definition) is 2. The molecule has 1 aliphatic heterocycles. The highest BCUT2D eigenvalue weighted by molar-refractivity contribution is 5.88. The summed E-state index contributed by atoms with van der Waals surface area (Å²) >= 11 is 0. The zero-order valence-electron chi connectivity index (χ0n) is 12.4. The number of carbonyl (C=O) groups excluding carboxylic acids is 1. The maximum absolute atomic E-state index is 12.1. The van der Waals surface area contributed by atoms with Gasteiger partial charge < -0.3 is 14.9 Å². The number of hydrogen-bond acceptors (Lipinski definition) is 4. The van der Waals surface area contributed by atoms with Crippen molar-refractivity contribution in [2.45, 2.75) is 52.2 Å². The fourth-order valence-electron chi connectivity index (χ4n) is 2.35. The molecule has 1 saturated heterocycles. The second-order valence-electron chi connectivity index (χ2n) is 6.69. The van der Waals surface area contributed by atoms with Gasteiger partial charge in [0, 0.05) is 6.54 Å². The lowest BCUT2D eigenvalue weighted by Gasteiger charge is -2.32. The highest BCUT2D eigenvalue weighted by atomic mass is 16.6. The third kappa shape index (κ3) is 2.86. The van der Waals surface area contributed by atoms with Gasteiger partial charge in [0.2, 0.25) is 0 Å². The summed E-state index contributed by atoms with van der Waals surface area (Å²) in [7, 11) is 0. The lowest BCUT2D eigenvalue weighted by Crippen LogP contribution is -2.52. The van der Waals surface area contributed by atoms with Crippen molar-refractivity contribution in [3.8, 4) is 0 Å². The number of likely N-dealkylation sites (tertiary alicyclic amines) is 1. The summed E-state index contributed by atoms with van der Waals surface area (Å²) in [6.07, 6.45) is -0.975. The molecule has 1 amide bonds. The third-order valence-electron chi connectivity index (χ3n) is 3.43. The molecule has 2 atom stereocenters. The minimum absolute atomic E-state index is 0.163. The molecule has 114 valence electrons. The molecular formula is C13H21NO6. The zero-order chi connectivity index (χ0) is 15.9. The van der Waals surface area contributed by atoms with Gasteiger partial charge in [-0.05, 0) is 41.0 Å². The normalized spacial score (nSPS) is 30.1. The quantitative estimate of drug-likeness (QED) is 0.798. The average molecular weight is 287 g/mol. The Hall–Kier alpha value is -1.79. The Labute approximate surface area is 117 Å². The molecule has 0 radical (unpaired) electrons. The molecule has 0 spiro atoms. The van der Waals surface area contributed by atoms with Crippen LogP contribution in [-0.4, -0.2) is 50.8 Å². The van der Waals surface area contributed by atoms with Crippen LogP contribution in [0.15, 0.2) is 0 Å². The smallest absolute Gasteiger partial charge is 0.411 e. The first-order valence-corrected chi connectivity index (χ1v) is 6.29. The number of aliphatic carboxylic acids is 2. The van der Waals surface area contributed by atoms with Crippen LogP contribution < -0.4 is 0 Å². The van der Waals surface area contributed by atoms with E-state index in [2.05, 4.69) is 0 Å². The second kappa shape index (κ2) is 4.64. The van der Waals surface area contributed by atoms with Crippen molar-refractivity contribution < 1.29 is 29.3 Å². The lowest BCUT2D eigenvalue weighted by atomic mass is 9.83. The van der Waals surface area contributed by atoms with Gasteiger partial charge in [-0.15, -0.1) is 0 Å². The Morgan fingerprint density at radius 2 is 1.60 bits per heavy atom. The molecule has 1 rings (SSSR count). The van der Waals surface area contributed by atoms with Crippen molar-refractivity contribution in [1.29, 1.82) is 0 Å². The minimum Gasteiger partial charge on any atom is -0.481 e. The molecule has 0 saturated carbocycles. The largest absolute Gasteiger partial charge is 0.481 e. The Morgan fingerprint density at radius 3 is 1.95 bits per heavy atom. The standard InChI is InChI=1S/C13H21NO6/c1-11(2,3)20-10(19)14-7-12(4,8(15)16)6-13(14,5)9(17)18/h6-7H2,1-5H3,(H,15,16)(H,17,18). The van der Waals surface area contributed by atoms with Crippen LogP contribution in [0.5, 0.6) is 0 Å². The van der Waals surface area contributed by atoms with Gasteiger partial charge in [0.1, 0.15) is 11.1 Å². The average Bonchev–Trinajstić information content (AvgIpc) is 2.51. The molecule has 2 unspecified atom stereocenters. The monoisotopic (exact) mass is 287 g/mol. The van der Waals surface area contributed by atoms with Gasteiger partial charge in [-0.25, -0.2) is 9.59 Å². The van der Waals surface area contributed by atoms with Gasteiger partial charge in [0.15, 0.2) is 0 Å². The van der Waals surface area contributed by atoms with E-state index in [1.165, 1.54) is 13.8 Å². The third-order valence-corrected chi connectivity index (χ3v) is 3.43. The molecule has 0 aromatic heterocycles. The predicted molar refractivity (Wildman–Crippen MR) is 69.3 cm³/mol.